The Morgan fingerprint density at radius 3 is 2.34 bits per heavy atom. The van der Waals surface area contributed by atoms with E-state index in [1.54, 1.807) is 30.5 Å². The number of halogens is 1. The van der Waals surface area contributed by atoms with Gasteiger partial charge in [-0.1, -0.05) is 6.07 Å². The minimum Gasteiger partial charge on any atom is -0.468 e. The fourth-order valence-electron chi connectivity index (χ4n) is 5.40. The molecule has 2 N–H and O–H groups in total. The van der Waals surface area contributed by atoms with Crippen molar-refractivity contribution in [1.82, 2.24) is 9.80 Å². The van der Waals surface area contributed by atoms with E-state index in [1.165, 1.54) is 6.07 Å². The van der Waals surface area contributed by atoms with Crippen LogP contribution in [0.4, 0.5) is 15.8 Å². The second-order valence-corrected chi connectivity index (χ2v) is 10.3. The highest BCUT2D eigenvalue weighted by molar-refractivity contribution is 5.96. The molecule has 0 aliphatic carbocycles. The van der Waals surface area contributed by atoms with Gasteiger partial charge >= 0.3 is 0 Å². The highest BCUT2D eigenvalue weighted by Gasteiger charge is 2.32. The topological polar surface area (TPSA) is 83.0 Å². The Kier molecular flexibility index (Phi) is 8.52. The van der Waals surface area contributed by atoms with E-state index in [2.05, 4.69) is 4.90 Å². The van der Waals surface area contributed by atoms with E-state index in [4.69, 9.17) is 10.2 Å². The maximum absolute atomic E-state index is 15.8. The number of anilines is 2. The second kappa shape index (κ2) is 11.8. The number of nitrogens with two attached hydrogens (primary N) is 1. The summed E-state index contributed by atoms with van der Waals surface area (Å²) < 4.78 is 21.4. The van der Waals surface area contributed by atoms with Gasteiger partial charge in [-0.2, -0.15) is 0 Å². The maximum Gasteiger partial charge on any atom is 0.254 e. The van der Waals surface area contributed by atoms with Crippen molar-refractivity contribution >= 4 is 23.2 Å². The number of furan rings is 1. The molecule has 1 saturated heterocycles. The number of hydrogen-bond donors (Lipinski definition) is 1. The Labute approximate surface area is 224 Å². The van der Waals surface area contributed by atoms with Crippen LogP contribution >= 0.6 is 0 Å². The highest BCUT2D eigenvalue weighted by atomic mass is 19.1. The van der Waals surface area contributed by atoms with Gasteiger partial charge in [-0.3, -0.25) is 14.5 Å². The van der Waals surface area contributed by atoms with Crippen molar-refractivity contribution in [3.05, 3.63) is 83.6 Å². The molecule has 7 nitrogen and oxygen atoms in total. The van der Waals surface area contributed by atoms with E-state index in [-0.39, 0.29) is 35.4 Å². The van der Waals surface area contributed by atoms with Crippen LogP contribution in [0.1, 0.15) is 73.4 Å². The first-order chi connectivity index (χ1) is 18.2. The maximum atomic E-state index is 15.8. The molecule has 3 aromatic rings. The van der Waals surface area contributed by atoms with Crippen LogP contribution in [0.2, 0.25) is 0 Å². The molecule has 1 fully saturated rings. The first kappa shape index (κ1) is 27.4. The number of hydrogen-bond acceptors (Lipinski definition) is 5. The van der Waals surface area contributed by atoms with Gasteiger partial charge in [0, 0.05) is 29.9 Å². The molecular formula is C30H37FN4O3. The number of carbonyl (C=O) groups is 2. The third kappa shape index (κ3) is 5.75. The summed E-state index contributed by atoms with van der Waals surface area (Å²) in [5.74, 6) is -0.697. The smallest absolute Gasteiger partial charge is 0.254 e. The van der Waals surface area contributed by atoms with Crippen molar-refractivity contribution in [2.24, 2.45) is 5.73 Å². The van der Waals surface area contributed by atoms with E-state index in [0.29, 0.717) is 12.1 Å². The molecule has 1 aliphatic heterocycles. The SMILES string of the molecule is CC(C)N(C(=O)c1ccc(N(c2cccc(C(N)=O)c2F)C2CCCCN2Cc2ccco2)cc1)C(C)C. The average molecular weight is 521 g/mol. The lowest BCUT2D eigenvalue weighted by Gasteiger charge is -2.43. The molecule has 1 atom stereocenters. The predicted molar refractivity (Wildman–Crippen MR) is 147 cm³/mol. The molecule has 4 rings (SSSR count). The normalized spacial score (nSPS) is 16.1. The van der Waals surface area contributed by atoms with Crippen molar-refractivity contribution in [2.45, 2.75) is 71.8 Å². The van der Waals surface area contributed by atoms with Crippen LogP contribution in [-0.4, -0.2) is 46.4 Å². The summed E-state index contributed by atoms with van der Waals surface area (Å²) >= 11 is 0. The van der Waals surface area contributed by atoms with E-state index in [0.717, 1.165) is 37.3 Å². The van der Waals surface area contributed by atoms with Gasteiger partial charge in [0.25, 0.3) is 11.8 Å². The third-order valence-electron chi connectivity index (χ3n) is 7.06. The zero-order chi connectivity index (χ0) is 27.4. The Hall–Kier alpha value is -3.65. The molecule has 0 bridgehead atoms. The summed E-state index contributed by atoms with van der Waals surface area (Å²) in [5.41, 5.74) is 6.89. The molecule has 2 heterocycles. The monoisotopic (exact) mass is 520 g/mol. The summed E-state index contributed by atoms with van der Waals surface area (Å²) in [6.07, 6.45) is 4.23. The first-order valence-corrected chi connectivity index (χ1v) is 13.3. The molecule has 1 aliphatic rings. The van der Waals surface area contributed by atoms with Gasteiger partial charge in [0.1, 0.15) is 5.76 Å². The molecule has 1 aromatic heterocycles. The molecule has 0 radical (unpaired) electrons. The molecule has 202 valence electrons. The number of amides is 2. The summed E-state index contributed by atoms with van der Waals surface area (Å²) in [5, 5.41) is 0. The van der Waals surface area contributed by atoms with Crippen molar-refractivity contribution < 1.29 is 18.4 Å². The lowest BCUT2D eigenvalue weighted by atomic mass is 10.0. The van der Waals surface area contributed by atoms with Crippen LogP contribution < -0.4 is 10.6 Å². The quantitative estimate of drug-likeness (QED) is 0.378. The number of carbonyl (C=O) groups excluding carboxylic acids is 2. The van der Waals surface area contributed by atoms with Crippen LogP contribution in [0, 0.1) is 5.82 Å². The number of rotatable bonds is 9. The number of likely N-dealkylation sites (tertiary alicyclic amines) is 1. The number of nitrogens with zero attached hydrogens (tertiary/aromatic N) is 3. The fourth-order valence-corrected chi connectivity index (χ4v) is 5.40. The third-order valence-corrected chi connectivity index (χ3v) is 7.06. The van der Waals surface area contributed by atoms with Crippen LogP contribution in [-0.2, 0) is 6.54 Å². The van der Waals surface area contributed by atoms with E-state index < -0.39 is 11.7 Å². The fraction of sp³-hybridized carbons (Fsp3) is 0.400. The Morgan fingerprint density at radius 2 is 1.74 bits per heavy atom. The average Bonchev–Trinajstić information content (AvgIpc) is 3.39. The Bertz CT molecular complexity index is 1230. The van der Waals surface area contributed by atoms with Gasteiger partial charge in [0.05, 0.1) is 30.2 Å². The van der Waals surface area contributed by atoms with Crippen LogP contribution in [0.15, 0.2) is 65.3 Å². The lowest BCUT2D eigenvalue weighted by molar-refractivity contribution is 0.0643. The van der Waals surface area contributed by atoms with Crippen molar-refractivity contribution in [3.8, 4) is 0 Å². The molecule has 2 amide bonds. The largest absolute Gasteiger partial charge is 0.468 e. The van der Waals surface area contributed by atoms with E-state index in [1.807, 2.05) is 61.8 Å². The van der Waals surface area contributed by atoms with Crippen LogP contribution in [0.5, 0.6) is 0 Å². The molecule has 38 heavy (non-hydrogen) atoms. The van der Waals surface area contributed by atoms with Crippen LogP contribution in [0.3, 0.4) is 0 Å². The Balaban J connectivity index is 1.77. The van der Waals surface area contributed by atoms with E-state index >= 15 is 4.39 Å². The zero-order valence-electron chi connectivity index (χ0n) is 22.6. The summed E-state index contributed by atoms with van der Waals surface area (Å²) in [6, 6.07) is 15.9. The van der Waals surface area contributed by atoms with Crippen molar-refractivity contribution in [2.75, 3.05) is 11.4 Å². The molecule has 2 aromatic carbocycles. The summed E-state index contributed by atoms with van der Waals surface area (Å²) in [6.45, 7) is 9.38. The standard InChI is InChI=1S/C30H37FN4O3/c1-20(2)34(21(3)4)30(37)22-13-15-23(16-14-22)35(26-11-7-10-25(28(26)31)29(32)36)27-12-5-6-17-33(27)19-24-9-8-18-38-24/h7-11,13-16,18,20-21,27H,5-6,12,17,19H2,1-4H3,(H2,32,36). The number of primary amides is 1. The van der Waals surface area contributed by atoms with Gasteiger partial charge in [-0.15, -0.1) is 0 Å². The Morgan fingerprint density at radius 1 is 1.03 bits per heavy atom. The summed E-state index contributed by atoms with van der Waals surface area (Å²) in [4.78, 5) is 31.3. The lowest BCUT2D eigenvalue weighted by Crippen LogP contribution is -2.49. The zero-order valence-corrected chi connectivity index (χ0v) is 22.6. The highest BCUT2D eigenvalue weighted by Crippen LogP contribution is 2.36. The minimum absolute atomic E-state index is 0.0490. The van der Waals surface area contributed by atoms with Gasteiger partial charge in [0.2, 0.25) is 0 Å². The molecule has 8 heteroatoms. The van der Waals surface area contributed by atoms with Gasteiger partial charge in [-0.25, -0.2) is 4.39 Å². The van der Waals surface area contributed by atoms with Crippen molar-refractivity contribution in [1.29, 1.82) is 0 Å². The first-order valence-electron chi connectivity index (χ1n) is 13.3. The molecule has 0 spiro atoms. The number of benzene rings is 2. The van der Waals surface area contributed by atoms with Gasteiger partial charge in [0.15, 0.2) is 5.82 Å². The molecule has 0 saturated carbocycles. The predicted octanol–water partition coefficient (Wildman–Crippen LogP) is 5.93. The van der Waals surface area contributed by atoms with Gasteiger partial charge < -0.3 is 20.0 Å². The van der Waals surface area contributed by atoms with E-state index in [9.17, 15) is 9.59 Å². The second-order valence-electron chi connectivity index (χ2n) is 10.3. The van der Waals surface area contributed by atoms with Crippen LogP contribution in [0.25, 0.3) is 0 Å². The summed E-state index contributed by atoms with van der Waals surface area (Å²) in [7, 11) is 0. The van der Waals surface area contributed by atoms with Crippen molar-refractivity contribution in [3.63, 3.8) is 0 Å². The minimum atomic E-state index is -0.816. The number of piperidine rings is 1. The van der Waals surface area contributed by atoms with Gasteiger partial charge in [-0.05, 0) is 95.5 Å². The molecular weight excluding hydrogens is 483 g/mol. The molecule has 1 unspecified atom stereocenters.